The zero-order chi connectivity index (χ0) is 13.8. The van der Waals surface area contributed by atoms with Crippen LogP contribution in [0.4, 0.5) is 0 Å². The van der Waals surface area contributed by atoms with Gasteiger partial charge in [-0.25, -0.2) is 5.48 Å². The van der Waals surface area contributed by atoms with Crippen molar-refractivity contribution in [3.63, 3.8) is 0 Å². The van der Waals surface area contributed by atoms with E-state index in [1.165, 1.54) is 14.2 Å². The summed E-state index contributed by atoms with van der Waals surface area (Å²) >= 11 is 0. The predicted octanol–water partition coefficient (Wildman–Crippen LogP) is 2.16. The number of hydrogen-bond acceptors (Lipinski definition) is 4. The van der Waals surface area contributed by atoms with E-state index in [9.17, 15) is 4.79 Å². The minimum Gasteiger partial charge on any atom is -0.497 e. The van der Waals surface area contributed by atoms with Gasteiger partial charge in [-0.3, -0.25) is 9.63 Å². The highest BCUT2D eigenvalue weighted by Crippen LogP contribution is 2.22. The predicted molar refractivity (Wildman–Crippen MR) is 67.9 cm³/mol. The second-order valence-corrected chi connectivity index (χ2v) is 4.75. The SMILES string of the molecule is COc1cc(OC)cc(C(=O)NOC(C)(C)C)c1. The fourth-order valence-corrected chi connectivity index (χ4v) is 1.20. The van der Waals surface area contributed by atoms with Gasteiger partial charge in [-0.05, 0) is 32.9 Å². The van der Waals surface area contributed by atoms with Gasteiger partial charge in [-0.15, -0.1) is 0 Å². The molecule has 5 heteroatoms. The van der Waals surface area contributed by atoms with Crippen LogP contribution in [0.5, 0.6) is 11.5 Å². The normalized spacial score (nSPS) is 10.9. The first-order valence-electron chi connectivity index (χ1n) is 5.57. The van der Waals surface area contributed by atoms with Crippen molar-refractivity contribution in [2.45, 2.75) is 26.4 Å². The lowest BCUT2D eigenvalue weighted by Crippen LogP contribution is -2.33. The van der Waals surface area contributed by atoms with Crippen LogP contribution in [-0.4, -0.2) is 25.7 Å². The quantitative estimate of drug-likeness (QED) is 0.835. The number of hydroxylamine groups is 1. The van der Waals surface area contributed by atoms with Gasteiger partial charge in [0.25, 0.3) is 5.91 Å². The van der Waals surface area contributed by atoms with Gasteiger partial charge in [-0.1, -0.05) is 0 Å². The monoisotopic (exact) mass is 253 g/mol. The van der Waals surface area contributed by atoms with Crippen molar-refractivity contribution in [2.24, 2.45) is 0 Å². The number of methoxy groups -OCH3 is 2. The number of ether oxygens (including phenoxy) is 2. The molecular formula is C13H19NO4. The average molecular weight is 253 g/mol. The molecule has 1 rings (SSSR count). The molecular weight excluding hydrogens is 234 g/mol. The first-order valence-corrected chi connectivity index (χ1v) is 5.57. The first kappa shape index (κ1) is 14.3. The number of rotatable bonds is 4. The molecule has 100 valence electrons. The summed E-state index contributed by atoms with van der Waals surface area (Å²) in [4.78, 5) is 17.1. The molecule has 0 saturated heterocycles. The maximum atomic E-state index is 11.9. The van der Waals surface area contributed by atoms with Crippen LogP contribution < -0.4 is 15.0 Å². The van der Waals surface area contributed by atoms with Crippen molar-refractivity contribution in [1.82, 2.24) is 5.48 Å². The Morgan fingerprint density at radius 3 is 1.94 bits per heavy atom. The molecule has 0 saturated carbocycles. The maximum Gasteiger partial charge on any atom is 0.275 e. The molecule has 0 bridgehead atoms. The van der Waals surface area contributed by atoms with Gasteiger partial charge in [0.1, 0.15) is 11.5 Å². The second-order valence-electron chi connectivity index (χ2n) is 4.75. The van der Waals surface area contributed by atoms with Crippen LogP contribution in [0.15, 0.2) is 18.2 Å². The van der Waals surface area contributed by atoms with Crippen LogP contribution in [0.2, 0.25) is 0 Å². The van der Waals surface area contributed by atoms with Gasteiger partial charge in [0, 0.05) is 11.6 Å². The Labute approximate surface area is 107 Å². The van der Waals surface area contributed by atoms with Gasteiger partial charge >= 0.3 is 0 Å². The Morgan fingerprint density at radius 2 is 1.56 bits per heavy atom. The lowest BCUT2D eigenvalue weighted by Gasteiger charge is -2.19. The Hall–Kier alpha value is -1.75. The first-order chi connectivity index (χ1) is 8.35. The summed E-state index contributed by atoms with van der Waals surface area (Å²) in [6.07, 6.45) is 0. The Kier molecular flexibility index (Phi) is 4.55. The standard InChI is InChI=1S/C13H19NO4/c1-13(2,3)18-14-12(15)9-6-10(16-4)8-11(7-9)17-5/h6-8H,1-5H3,(H,14,15). The fourth-order valence-electron chi connectivity index (χ4n) is 1.20. The highest BCUT2D eigenvalue weighted by atomic mass is 16.7. The van der Waals surface area contributed by atoms with E-state index >= 15 is 0 Å². The average Bonchev–Trinajstić information content (AvgIpc) is 2.34. The molecule has 18 heavy (non-hydrogen) atoms. The summed E-state index contributed by atoms with van der Waals surface area (Å²) in [5.74, 6) is 0.757. The highest BCUT2D eigenvalue weighted by Gasteiger charge is 2.15. The third kappa shape index (κ3) is 4.25. The molecule has 1 aromatic rings. The van der Waals surface area contributed by atoms with E-state index in [0.29, 0.717) is 17.1 Å². The summed E-state index contributed by atoms with van der Waals surface area (Å²) in [5, 5.41) is 0. The third-order valence-corrected chi connectivity index (χ3v) is 2.06. The number of carbonyl (C=O) groups excluding carboxylic acids is 1. The minimum absolute atomic E-state index is 0.345. The Balaban J connectivity index is 2.84. The van der Waals surface area contributed by atoms with E-state index in [2.05, 4.69) is 5.48 Å². The van der Waals surface area contributed by atoms with Crippen LogP contribution in [0.25, 0.3) is 0 Å². The van der Waals surface area contributed by atoms with Gasteiger partial charge in [0.2, 0.25) is 0 Å². The van der Waals surface area contributed by atoms with Crippen LogP contribution in [-0.2, 0) is 4.84 Å². The molecule has 1 amide bonds. The molecule has 0 heterocycles. The molecule has 0 aliphatic heterocycles. The van der Waals surface area contributed by atoms with Crippen molar-refractivity contribution >= 4 is 5.91 Å². The van der Waals surface area contributed by atoms with Crippen LogP contribution in [0.3, 0.4) is 0 Å². The molecule has 1 N–H and O–H groups in total. The highest BCUT2D eigenvalue weighted by molar-refractivity contribution is 5.94. The Bertz CT molecular complexity index is 401. The largest absolute Gasteiger partial charge is 0.497 e. The van der Waals surface area contributed by atoms with E-state index in [4.69, 9.17) is 14.3 Å². The second kappa shape index (κ2) is 5.73. The zero-order valence-corrected chi connectivity index (χ0v) is 11.4. The summed E-state index contributed by atoms with van der Waals surface area (Å²) in [7, 11) is 3.06. The molecule has 0 aromatic heterocycles. The summed E-state index contributed by atoms with van der Waals surface area (Å²) in [5.41, 5.74) is 2.36. The minimum atomic E-state index is -0.446. The lowest BCUT2D eigenvalue weighted by atomic mass is 10.2. The van der Waals surface area contributed by atoms with Crippen molar-refractivity contribution in [3.8, 4) is 11.5 Å². The Morgan fingerprint density at radius 1 is 1.06 bits per heavy atom. The van der Waals surface area contributed by atoms with Gasteiger partial charge in [-0.2, -0.15) is 0 Å². The maximum absolute atomic E-state index is 11.9. The van der Waals surface area contributed by atoms with Crippen molar-refractivity contribution in [2.75, 3.05) is 14.2 Å². The molecule has 0 unspecified atom stereocenters. The molecule has 0 aliphatic carbocycles. The number of amides is 1. The molecule has 0 fully saturated rings. The van der Waals surface area contributed by atoms with Crippen LogP contribution in [0, 0.1) is 0 Å². The topological polar surface area (TPSA) is 56.8 Å². The number of nitrogens with one attached hydrogen (secondary N) is 1. The van der Waals surface area contributed by atoms with E-state index in [1.54, 1.807) is 18.2 Å². The van der Waals surface area contributed by atoms with Crippen molar-refractivity contribution < 1.29 is 19.1 Å². The third-order valence-electron chi connectivity index (χ3n) is 2.06. The molecule has 0 spiro atoms. The van der Waals surface area contributed by atoms with E-state index < -0.39 is 5.60 Å². The number of carbonyl (C=O) groups is 1. The molecule has 0 aliphatic rings. The van der Waals surface area contributed by atoms with Crippen LogP contribution >= 0.6 is 0 Å². The molecule has 0 atom stereocenters. The van der Waals surface area contributed by atoms with Gasteiger partial charge in [0.15, 0.2) is 0 Å². The molecule has 0 radical (unpaired) electrons. The van der Waals surface area contributed by atoms with Crippen molar-refractivity contribution in [1.29, 1.82) is 0 Å². The van der Waals surface area contributed by atoms with Gasteiger partial charge < -0.3 is 9.47 Å². The van der Waals surface area contributed by atoms with Gasteiger partial charge in [0.05, 0.1) is 19.8 Å². The van der Waals surface area contributed by atoms with E-state index in [1.807, 2.05) is 20.8 Å². The van der Waals surface area contributed by atoms with Crippen LogP contribution in [0.1, 0.15) is 31.1 Å². The number of benzene rings is 1. The number of hydrogen-bond donors (Lipinski definition) is 1. The summed E-state index contributed by atoms with van der Waals surface area (Å²) in [6.45, 7) is 5.54. The summed E-state index contributed by atoms with van der Waals surface area (Å²) < 4.78 is 10.2. The van der Waals surface area contributed by atoms with Crippen molar-refractivity contribution in [3.05, 3.63) is 23.8 Å². The molecule has 5 nitrogen and oxygen atoms in total. The molecule has 1 aromatic carbocycles. The fraction of sp³-hybridized carbons (Fsp3) is 0.462. The van der Waals surface area contributed by atoms with E-state index in [-0.39, 0.29) is 5.91 Å². The zero-order valence-electron chi connectivity index (χ0n) is 11.4. The van der Waals surface area contributed by atoms with E-state index in [0.717, 1.165) is 0 Å². The lowest BCUT2D eigenvalue weighted by molar-refractivity contribution is -0.0589. The summed E-state index contributed by atoms with van der Waals surface area (Å²) in [6, 6.07) is 4.93. The smallest absolute Gasteiger partial charge is 0.275 e.